The first-order valence-electron chi connectivity index (χ1n) is 12.4. The van der Waals surface area contributed by atoms with Crippen LogP contribution < -0.4 is 19.8 Å². The van der Waals surface area contributed by atoms with Gasteiger partial charge in [0.15, 0.2) is 6.61 Å². The molecule has 3 aromatic carbocycles. The Bertz CT molecular complexity index is 1700. The van der Waals surface area contributed by atoms with Crippen molar-refractivity contribution in [3.05, 3.63) is 103 Å². The Kier molecular flexibility index (Phi) is 6.99. The molecule has 0 aliphatic carbocycles. The van der Waals surface area contributed by atoms with E-state index < -0.39 is 17.1 Å². The van der Waals surface area contributed by atoms with Gasteiger partial charge < -0.3 is 15.0 Å². The number of fused-ring (bicyclic) bond motifs is 2. The Hall–Kier alpha value is -3.86. The third-order valence-corrected chi connectivity index (χ3v) is 9.56. The van der Waals surface area contributed by atoms with Crippen molar-refractivity contribution in [1.82, 2.24) is 4.98 Å². The molecule has 1 fully saturated rings. The number of carbonyl (C=O) groups excluding carboxylic acids is 3. The van der Waals surface area contributed by atoms with Gasteiger partial charge in [0.05, 0.1) is 16.6 Å². The number of nitrogens with zero attached hydrogens (tertiary/aromatic N) is 1. The molecule has 0 saturated carbocycles. The molecule has 11 heteroatoms. The lowest BCUT2D eigenvalue weighted by atomic mass is 9.82. The third kappa shape index (κ3) is 4.72. The van der Waals surface area contributed by atoms with Gasteiger partial charge in [0.2, 0.25) is 11.8 Å². The van der Waals surface area contributed by atoms with Crippen molar-refractivity contribution in [3.63, 3.8) is 0 Å². The summed E-state index contributed by atoms with van der Waals surface area (Å²) in [4.78, 5) is 57.1. The van der Waals surface area contributed by atoms with Crippen LogP contribution in [0, 0.1) is 12.8 Å². The van der Waals surface area contributed by atoms with E-state index in [0.29, 0.717) is 37.6 Å². The van der Waals surface area contributed by atoms with Crippen molar-refractivity contribution in [2.45, 2.75) is 23.1 Å². The zero-order valence-electron chi connectivity index (χ0n) is 21.1. The summed E-state index contributed by atoms with van der Waals surface area (Å²) in [7, 11) is 0. The van der Waals surface area contributed by atoms with Gasteiger partial charge in [-0.1, -0.05) is 71.1 Å². The first-order chi connectivity index (χ1) is 19.3. The van der Waals surface area contributed by atoms with Crippen LogP contribution in [0.5, 0.6) is 5.75 Å². The number of rotatable bonds is 6. The zero-order chi connectivity index (χ0) is 28.0. The molecule has 4 aromatic rings. The normalized spacial score (nSPS) is 19.8. The number of para-hydroxylation sites is 2. The molecule has 40 heavy (non-hydrogen) atoms. The molecule has 8 nitrogen and oxygen atoms in total. The predicted molar refractivity (Wildman–Crippen MR) is 156 cm³/mol. The second-order valence-corrected chi connectivity index (χ2v) is 12.0. The third-order valence-electron chi connectivity index (χ3n) is 6.92. The van der Waals surface area contributed by atoms with Gasteiger partial charge in [0.25, 0.3) is 5.91 Å². The summed E-state index contributed by atoms with van der Waals surface area (Å²) in [6.45, 7) is 1.60. The molecule has 202 valence electrons. The number of nitrogens with one attached hydrogen (secondary N) is 2. The van der Waals surface area contributed by atoms with E-state index in [1.54, 1.807) is 48.5 Å². The van der Waals surface area contributed by atoms with Gasteiger partial charge in [0, 0.05) is 27.1 Å². The molecule has 2 N–H and O–H groups in total. The number of aromatic nitrogens is 1. The van der Waals surface area contributed by atoms with Crippen molar-refractivity contribution >= 4 is 63.8 Å². The SMILES string of the molecule is Cc1ccccc1NC(=O)COc1ccc(Cl)cc1[C@@H]1c2sc(=O)[nH]c2S[C@H]2C(=O)N(c3ccccc3)C(=O)[C@@H]12. The Morgan fingerprint density at radius 3 is 2.55 bits per heavy atom. The summed E-state index contributed by atoms with van der Waals surface area (Å²) < 4.78 is 5.99. The Balaban J connectivity index is 1.37. The second-order valence-electron chi connectivity index (χ2n) is 9.43. The molecule has 3 amide bonds. The molecule has 2 aliphatic heterocycles. The van der Waals surface area contributed by atoms with Gasteiger partial charge in [-0.15, -0.1) is 0 Å². The van der Waals surface area contributed by atoms with Crippen LogP contribution in [0.4, 0.5) is 11.4 Å². The number of hydrogen-bond donors (Lipinski definition) is 2. The highest BCUT2D eigenvalue weighted by atomic mass is 35.5. The topological polar surface area (TPSA) is 109 Å². The van der Waals surface area contributed by atoms with Crippen molar-refractivity contribution in [1.29, 1.82) is 0 Å². The number of hydrogen-bond acceptors (Lipinski definition) is 7. The van der Waals surface area contributed by atoms with Crippen molar-refractivity contribution < 1.29 is 19.1 Å². The zero-order valence-corrected chi connectivity index (χ0v) is 23.4. The van der Waals surface area contributed by atoms with Crippen molar-refractivity contribution in [2.24, 2.45) is 5.92 Å². The average molecular weight is 592 g/mol. The minimum absolute atomic E-state index is 0.288. The van der Waals surface area contributed by atoms with Crippen molar-refractivity contribution in [2.75, 3.05) is 16.8 Å². The molecular weight excluding hydrogens is 570 g/mol. The lowest BCUT2D eigenvalue weighted by molar-refractivity contribution is -0.122. The van der Waals surface area contributed by atoms with Crippen LogP contribution in [-0.4, -0.2) is 34.6 Å². The van der Waals surface area contributed by atoms with E-state index in [1.807, 2.05) is 31.2 Å². The van der Waals surface area contributed by atoms with Crippen LogP contribution in [0.25, 0.3) is 0 Å². The van der Waals surface area contributed by atoms with Crippen LogP contribution >= 0.6 is 34.7 Å². The number of thioether (sulfide) groups is 1. The van der Waals surface area contributed by atoms with Crippen LogP contribution in [0.15, 0.2) is 82.6 Å². The summed E-state index contributed by atoms with van der Waals surface area (Å²) in [5.74, 6) is -2.24. The van der Waals surface area contributed by atoms with Gasteiger partial charge in [-0.3, -0.25) is 19.2 Å². The van der Waals surface area contributed by atoms with E-state index in [2.05, 4.69) is 10.3 Å². The molecule has 0 unspecified atom stereocenters. The smallest absolute Gasteiger partial charge is 0.305 e. The maximum absolute atomic E-state index is 13.9. The number of imide groups is 1. The minimum Gasteiger partial charge on any atom is -0.483 e. The highest BCUT2D eigenvalue weighted by Crippen LogP contribution is 2.54. The standard InChI is InChI=1S/C29H22ClN3O5S2/c1-15-7-5-6-10-19(15)31-21(34)14-38-20-12-11-16(30)13-18(20)22-23-25(39-26-24(22)40-29(37)32-26)28(36)33(27(23)35)17-8-3-2-4-9-17/h2-13,22-23,25H,14H2,1H3,(H,31,34)(H,32,37)/t22-,23-,25+/m0/s1. The molecule has 3 atom stereocenters. The number of thiazole rings is 1. The fraction of sp³-hybridized carbons (Fsp3) is 0.172. The molecule has 0 bridgehead atoms. The highest BCUT2D eigenvalue weighted by molar-refractivity contribution is 8.00. The number of carbonyl (C=O) groups is 3. The molecule has 3 heterocycles. The Morgan fingerprint density at radius 1 is 1.02 bits per heavy atom. The molecule has 1 aromatic heterocycles. The number of halogens is 1. The number of aryl methyl sites for hydroxylation is 1. The fourth-order valence-corrected chi connectivity index (χ4v) is 7.81. The van der Waals surface area contributed by atoms with E-state index in [-0.39, 0.29) is 29.2 Å². The molecule has 0 spiro atoms. The summed E-state index contributed by atoms with van der Waals surface area (Å²) in [5, 5.41) is 3.02. The number of amides is 3. The van der Waals surface area contributed by atoms with Gasteiger partial charge >= 0.3 is 4.87 Å². The van der Waals surface area contributed by atoms with Crippen LogP contribution in [0.2, 0.25) is 5.02 Å². The predicted octanol–water partition coefficient (Wildman–Crippen LogP) is 5.21. The van der Waals surface area contributed by atoms with Crippen LogP contribution in [0.3, 0.4) is 0 Å². The van der Waals surface area contributed by atoms with Crippen LogP contribution in [-0.2, 0) is 14.4 Å². The maximum Gasteiger partial charge on any atom is 0.305 e. The van der Waals surface area contributed by atoms with Crippen LogP contribution in [0.1, 0.15) is 21.9 Å². The van der Waals surface area contributed by atoms with Gasteiger partial charge in [0.1, 0.15) is 11.0 Å². The molecule has 6 rings (SSSR count). The minimum atomic E-state index is -0.807. The van der Waals surface area contributed by atoms with E-state index in [0.717, 1.165) is 16.9 Å². The monoisotopic (exact) mass is 591 g/mol. The molecule has 2 aliphatic rings. The number of H-pyrrole nitrogens is 1. The summed E-state index contributed by atoms with van der Waals surface area (Å²) in [5.41, 5.74) is 2.60. The number of aromatic amines is 1. The van der Waals surface area contributed by atoms with Gasteiger partial charge in [-0.2, -0.15) is 0 Å². The van der Waals surface area contributed by atoms with E-state index in [1.165, 1.54) is 16.7 Å². The summed E-state index contributed by atoms with van der Waals surface area (Å²) >= 11 is 8.61. The summed E-state index contributed by atoms with van der Waals surface area (Å²) in [6.07, 6.45) is 0. The second kappa shape index (κ2) is 10.6. The number of ether oxygens (including phenoxy) is 1. The fourth-order valence-electron chi connectivity index (χ4n) is 5.12. The molecular formula is C29H22ClN3O5S2. The lowest BCUT2D eigenvalue weighted by Crippen LogP contribution is -2.32. The van der Waals surface area contributed by atoms with E-state index in [4.69, 9.17) is 16.3 Å². The Labute approximate surface area is 242 Å². The maximum atomic E-state index is 13.9. The molecule has 1 saturated heterocycles. The first-order valence-corrected chi connectivity index (χ1v) is 14.5. The van der Waals surface area contributed by atoms with Crippen molar-refractivity contribution in [3.8, 4) is 5.75 Å². The lowest BCUT2D eigenvalue weighted by Gasteiger charge is -2.31. The van der Waals surface area contributed by atoms with E-state index >= 15 is 0 Å². The van der Waals surface area contributed by atoms with E-state index in [9.17, 15) is 19.2 Å². The largest absolute Gasteiger partial charge is 0.483 e. The highest BCUT2D eigenvalue weighted by Gasteiger charge is 2.56. The number of benzene rings is 3. The Morgan fingerprint density at radius 2 is 1.77 bits per heavy atom. The summed E-state index contributed by atoms with van der Waals surface area (Å²) in [6, 6.07) is 21.1. The molecule has 0 radical (unpaired) electrons. The number of anilines is 2. The average Bonchev–Trinajstić information content (AvgIpc) is 3.43. The van der Waals surface area contributed by atoms with Gasteiger partial charge in [-0.25, -0.2) is 4.90 Å². The first kappa shape index (κ1) is 26.4. The quantitative estimate of drug-likeness (QED) is 0.298. The van der Waals surface area contributed by atoms with Gasteiger partial charge in [-0.05, 0) is 48.9 Å².